The Labute approximate surface area is 90.0 Å². The number of nitrogens with zero attached hydrogens (tertiary/aromatic N) is 1. The summed E-state index contributed by atoms with van der Waals surface area (Å²) < 4.78 is 5.53. The maximum Gasteiger partial charge on any atom is 0.231 e. The van der Waals surface area contributed by atoms with E-state index < -0.39 is 0 Å². The number of aromatic nitrogens is 1. The minimum atomic E-state index is 0.339. The van der Waals surface area contributed by atoms with Crippen molar-refractivity contribution in [1.82, 2.24) is 5.16 Å². The van der Waals surface area contributed by atoms with Crippen molar-refractivity contribution in [2.45, 2.75) is 6.92 Å². The quantitative estimate of drug-likeness (QED) is 0.849. The van der Waals surface area contributed by atoms with Crippen molar-refractivity contribution in [2.24, 2.45) is 0 Å². The summed E-state index contributed by atoms with van der Waals surface area (Å²) in [6.45, 7) is 2.02. The average Bonchev–Trinajstić information content (AvgIpc) is 2.48. The Morgan fingerprint density at radius 1 is 1.36 bits per heavy atom. The summed E-state index contributed by atoms with van der Waals surface area (Å²) in [5, 5.41) is 3.75. The molecule has 0 saturated heterocycles. The van der Waals surface area contributed by atoms with Gasteiger partial charge in [0.05, 0.1) is 5.56 Å². The number of hydrogen-bond acceptors (Lipinski definition) is 3. The molecule has 0 aliphatic rings. The van der Waals surface area contributed by atoms with E-state index in [0.29, 0.717) is 10.5 Å². The van der Waals surface area contributed by atoms with Crippen molar-refractivity contribution in [3.8, 4) is 11.1 Å². The van der Waals surface area contributed by atoms with Gasteiger partial charge in [-0.3, -0.25) is 0 Å². The molecule has 0 bridgehead atoms. The van der Waals surface area contributed by atoms with Crippen LogP contribution >= 0.6 is 15.9 Å². The fourth-order valence-electron chi connectivity index (χ4n) is 1.38. The Morgan fingerprint density at radius 2 is 2.07 bits per heavy atom. The van der Waals surface area contributed by atoms with Crippen LogP contribution in [0.25, 0.3) is 11.1 Å². The fraction of sp³-hybridized carbons (Fsp3) is 0.100. The molecule has 14 heavy (non-hydrogen) atoms. The van der Waals surface area contributed by atoms with E-state index in [1.165, 1.54) is 0 Å². The van der Waals surface area contributed by atoms with Crippen LogP contribution in [0, 0.1) is 6.92 Å². The predicted octanol–water partition coefficient (Wildman–Crippen LogP) is 2.99. The molecule has 4 heteroatoms. The first-order valence-electron chi connectivity index (χ1n) is 4.17. The number of halogens is 1. The summed E-state index contributed by atoms with van der Waals surface area (Å²) in [5.41, 5.74) is 8.69. The lowest BCUT2D eigenvalue weighted by Crippen LogP contribution is -1.87. The second-order valence-electron chi connectivity index (χ2n) is 3.03. The Bertz CT molecular complexity index is 445. The minimum Gasteiger partial charge on any atom is -0.367 e. The molecule has 0 saturated carbocycles. The monoisotopic (exact) mass is 252 g/mol. The first kappa shape index (κ1) is 9.27. The third kappa shape index (κ3) is 1.42. The molecule has 2 rings (SSSR count). The molecule has 0 aliphatic carbocycles. The summed E-state index contributed by atoms with van der Waals surface area (Å²) in [6, 6.07) is 7.95. The molecule has 1 aromatic heterocycles. The fourth-order valence-corrected chi connectivity index (χ4v) is 1.86. The van der Waals surface area contributed by atoms with E-state index in [0.717, 1.165) is 16.7 Å². The van der Waals surface area contributed by atoms with E-state index in [1.54, 1.807) is 0 Å². The van der Waals surface area contributed by atoms with E-state index in [4.69, 9.17) is 10.3 Å². The van der Waals surface area contributed by atoms with Crippen molar-refractivity contribution in [3.63, 3.8) is 0 Å². The minimum absolute atomic E-state index is 0.339. The third-order valence-electron chi connectivity index (χ3n) is 2.09. The molecule has 2 N–H and O–H groups in total. The molecule has 0 unspecified atom stereocenters. The highest BCUT2D eigenvalue weighted by Gasteiger charge is 2.14. The van der Waals surface area contributed by atoms with Crippen LogP contribution in [0.3, 0.4) is 0 Å². The number of rotatable bonds is 1. The number of benzene rings is 1. The number of hydrogen-bond donors (Lipinski definition) is 1. The van der Waals surface area contributed by atoms with Crippen molar-refractivity contribution >= 4 is 21.8 Å². The molecule has 0 aliphatic heterocycles. The number of aryl methyl sites for hydroxylation is 1. The van der Waals surface area contributed by atoms with Gasteiger partial charge in [-0.25, -0.2) is 0 Å². The van der Waals surface area contributed by atoms with Crippen LogP contribution in [-0.2, 0) is 0 Å². The van der Waals surface area contributed by atoms with Gasteiger partial charge in [0.25, 0.3) is 0 Å². The molecular formula is C10H9BrN2O. The van der Waals surface area contributed by atoms with Gasteiger partial charge in [-0.05, 0) is 34.0 Å². The number of nitrogen functional groups attached to an aromatic ring is 1. The maximum atomic E-state index is 5.68. The normalized spacial score (nSPS) is 10.4. The Balaban J connectivity index is 2.66. The first-order chi connectivity index (χ1) is 6.70. The molecule has 0 fully saturated rings. The number of anilines is 1. The van der Waals surface area contributed by atoms with Gasteiger partial charge in [-0.2, -0.15) is 0 Å². The lowest BCUT2D eigenvalue weighted by molar-refractivity contribution is 0.432. The molecule has 3 nitrogen and oxygen atoms in total. The SMILES string of the molecule is Cc1ccccc1-c1c(Br)noc1N. The van der Waals surface area contributed by atoms with Crippen LogP contribution in [0.4, 0.5) is 5.88 Å². The van der Waals surface area contributed by atoms with Gasteiger partial charge in [-0.1, -0.05) is 29.4 Å². The molecule has 1 heterocycles. The Kier molecular flexibility index (Phi) is 2.29. The van der Waals surface area contributed by atoms with Crippen LogP contribution < -0.4 is 5.73 Å². The maximum absolute atomic E-state index is 5.68. The van der Waals surface area contributed by atoms with Crippen LogP contribution in [0.2, 0.25) is 0 Å². The summed E-state index contributed by atoms with van der Waals surface area (Å²) >= 11 is 3.30. The molecular weight excluding hydrogens is 244 g/mol. The van der Waals surface area contributed by atoms with Gasteiger partial charge in [-0.15, -0.1) is 0 Å². The molecule has 2 aromatic rings. The van der Waals surface area contributed by atoms with Gasteiger partial charge >= 0.3 is 0 Å². The molecule has 1 aromatic carbocycles. The highest BCUT2D eigenvalue weighted by molar-refractivity contribution is 9.10. The Morgan fingerprint density at radius 3 is 2.64 bits per heavy atom. The van der Waals surface area contributed by atoms with Crippen molar-refractivity contribution < 1.29 is 4.52 Å². The standard InChI is InChI=1S/C10H9BrN2O/c1-6-4-2-3-5-7(6)8-9(11)13-14-10(8)12/h2-5H,12H2,1H3. The summed E-state index contributed by atoms with van der Waals surface area (Å²) in [7, 11) is 0. The molecule has 0 amide bonds. The van der Waals surface area contributed by atoms with E-state index >= 15 is 0 Å². The first-order valence-corrected chi connectivity index (χ1v) is 4.96. The highest BCUT2D eigenvalue weighted by Crippen LogP contribution is 2.34. The molecule has 0 atom stereocenters. The molecule has 0 radical (unpaired) electrons. The van der Waals surface area contributed by atoms with E-state index in [9.17, 15) is 0 Å². The largest absolute Gasteiger partial charge is 0.367 e. The van der Waals surface area contributed by atoms with E-state index in [-0.39, 0.29) is 0 Å². The van der Waals surface area contributed by atoms with Crippen LogP contribution in [0.5, 0.6) is 0 Å². The van der Waals surface area contributed by atoms with Gasteiger partial charge < -0.3 is 10.3 Å². The predicted molar refractivity (Wildman–Crippen MR) is 58.8 cm³/mol. The van der Waals surface area contributed by atoms with Crippen LogP contribution in [0.1, 0.15) is 5.56 Å². The van der Waals surface area contributed by atoms with Crippen LogP contribution in [0.15, 0.2) is 33.4 Å². The van der Waals surface area contributed by atoms with Gasteiger partial charge in [0, 0.05) is 0 Å². The number of nitrogens with two attached hydrogens (primary N) is 1. The zero-order valence-electron chi connectivity index (χ0n) is 7.62. The lowest BCUT2D eigenvalue weighted by atomic mass is 10.0. The topological polar surface area (TPSA) is 52.0 Å². The van der Waals surface area contributed by atoms with Crippen LogP contribution in [-0.4, -0.2) is 5.16 Å². The Hall–Kier alpha value is -1.29. The van der Waals surface area contributed by atoms with Gasteiger partial charge in [0.2, 0.25) is 5.88 Å². The van der Waals surface area contributed by atoms with E-state index in [1.807, 2.05) is 31.2 Å². The van der Waals surface area contributed by atoms with Crippen molar-refractivity contribution in [3.05, 3.63) is 34.4 Å². The van der Waals surface area contributed by atoms with Gasteiger partial charge in [0.1, 0.15) is 0 Å². The van der Waals surface area contributed by atoms with Crippen molar-refractivity contribution in [2.75, 3.05) is 5.73 Å². The summed E-state index contributed by atoms with van der Waals surface area (Å²) in [6.07, 6.45) is 0. The van der Waals surface area contributed by atoms with Crippen molar-refractivity contribution in [1.29, 1.82) is 0 Å². The summed E-state index contributed by atoms with van der Waals surface area (Å²) in [5.74, 6) is 0.339. The molecule has 72 valence electrons. The average molecular weight is 253 g/mol. The second kappa shape index (κ2) is 3.46. The van der Waals surface area contributed by atoms with E-state index in [2.05, 4.69) is 21.1 Å². The highest BCUT2D eigenvalue weighted by atomic mass is 79.9. The van der Waals surface area contributed by atoms with Gasteiger partial charge in [0.15, 0.2) is 4.60 Å². The zero-order valence-corrected chi connectivity index (χ0v) is 9.21. The third-order valence-corrected chi connectivity index (χ3v) is 2.63. The molecule has 0 spiro atoms. The lowest BCUT2D eigenvalue weighted by Gasteiger charge is -2.02. The summed E-state index contributed by atoms with van der Waals surface area (Å²) in [4.78, 5) is 0. The second-order valence-corrected chi connectivity index (χ2v) is 3.78. The smallest absolute Gasteiger partial charge is 0.231 e. The zero-order chi connectivity index (χ0) is 10.1.